The van der Waals surface area contributed by atoms with E-state index in [2.05, 4.69) is 4.18 Å². The zero-order valence-corrected chi connectivity index (χ0v) is 12.6. The van der Waals surface area contributed by atoms with Crippen LogP contribution in [-0.4, -0.2) is 54.7 Å². The highest BCUT2D eigenvalue weighted by molar-refractivity contribution is 7.87. The van der Waals surface area contributed by atoms with Gasteiger partial charge in [-0.3, -0.25) is 4.18 Å². The molecule has 0 aliphatic carbocycles. The lowest BCUT2D eigenvalue weighted by molar-refractivity contribution is -0.169. The summed E-state index contributed by atoms with van der Waals surface area (Å²) < 4.78 is 86.4. The fourth-order valence-corrected chi connectivity index (χ4v) is 2.41. The summed E-state index contributed by atoms with van der Waals surface area (Å²) in [4.78, 5) is 10.8. The van der Waals surface area contributed by atoms with Gasteiger partial charge in [0.15, 0.2) is 11.9 Å². The van der Waals surface area contributed by atoms with Gasteiger partial charge in [0.05, 0.1) is 6.61 Å². The van der Waals surface area contributed by atoms with Crippen LogP contribution in [0.2, 0.25) is 0 Å². The number of aliphatic carboxylic acids is 1. The average molecular weight is 375 g/mol. The predicted molar refractivity (Wildman–Crippen MR) is 62.1 cm³/mol. The molecule has 3 atom stereocenters. The molecule has 22 heavy (non-hydrogen) atoms. The largest absolute Gasteiger partial charge is 0.523 e. The molecule has 130 valence electrons. The van der Waals surface area contributed by atoms with Gasteiger partial charge in [-0.2, -0.15) is 21.6 Å². The van der Waals surface area contributed by atoms with E-state index in [4.69, 9.17) is 26.2 Å². The average Bonchev–Trinajstić information content (AvgIpc) is 2.64. The first-order valence-electron chi connectivity index (χ1n) is 5.53. The van der Waals surface area contributed by atoms with E-state index in [1.54, 1.807) is 0 Å². The third-order valence-electron chi connectivity index (χ3n) is 2.52. The van der Waals surface area contributed by atoms with Crippen molar-refractivity contribution >= 4 is 27.7 Å². The lowest BCUT2D eigenvalue weighted by Crippen LogP contribution is -2.52. The fourth-order valence-electron chi connectivity index (χ4n) is 1.53. The topological polar surface area (TPSA) is 99.1 Å². The number of halogens is 5. The molecule has 0 aromatic carbocycles. The quantitative estimate of drug-likeness (QED) is 0.336. The van der Waals surface area contributed by atoms with Crippen molar-refractivity contribution in [3.8, 4) is 0 Å². The highest BCUT2D eigenvalue weighted by Crippen LogP contribution is 2.37. The van der Waals surface area contributed by atoms with E-state index in [0.29, 0.717) is 0 Å². The third kappa shape index (κ3) is 3.98. The van der Waals surface area contributed by atoms with Gasteiger partial charge >= 0.3 is 26.7 Å². The Balaban J connectivity index is 3.17. The molecule has 1 heterocycles. The zero-order valence-electron chi connectivity index (χ0n) is 11.1. The van der Waals surface area contributed by atoms with Crippen molar-refractivity contribution in [1.82, 2.24) is 0 Å². The molecule has 0 spiro atoms. The van der Waals surface area contributed by atoms with Gasteiger partial charge in [-0.15, -0.1) is 0 Å². The first-order valence-corrected chi connectivity index (χ1v) is 7.31. The number of alkyl halides is 5. The van der Waals surface area contributed by atoms with Crippen molar-refractivity contribution in [1.29, 1.82) is 0 Å². The standard InChI is InChI=1S/C9H11ClF4O7S/c1-7(2)19-3-4(20-7)5(8(10,11)6(15)16)21-22(17,18)9(12,13)14/h4-5H,3H2,1-2H3,(H,15,16)/t4-,5+,8+/m1/s1. The molecule has 7 nitrogen and oxygen atoms in total. The molecule has 13 heteroatoms. The maximum atomic E-state index is 14.0. The lowest BCUT2D eigenvalue weighted by atomic mass is 10.1. The minimum atomic E-state index is -6.31. The van der Waals surface area contributed by atoms with Crippen LogP contribution >= 0.6 is 11.6 Å². The van der Waals surface area contributed by atoms with E-state index in [-0.39, 0.29) is 0 Å². The Morgan fingerprint density at radius 3 is 2.23 bits per heavy atom. The van der Waals surface area contributed by atoms with Gasteiger partial charge in [0.25, 0.3) is 0 Å². The maximum absolute atomic E-state index is 14.0. The third-order valence-corrected chi connectivity index (χ3v) is 3.93. The molecule has 0 amide bonds. The van der Waals surface area contributed by atoms with Crippen LogP contribution in [-0.2, 0) is 28.6 Å². The number of carbonyl (C=O) groups is 1. The van der Waals surface area contributed by atoms with Crippen LogP contribution < -0.4 is 0 Å². The summed E-state index contributed by atoms with van der Waals surface area (Å²) >= 11 is 5.01. The van der Waals surface area contributed by atoms with Gasteiger partial charge in [-0.25, -0.2) is 9.18 Å². The summed E-state index contributed by atoms with van der Waals surface area (Å²) in [6, 6.07) is 0. The summed E-state index contributed by atoms with van der Waals surface area (Å²) in [6.07, 6.45) is -4.62. The summed E-state index contributed by atoms with van der Waals surface area (Å²) in [7, 11) is -6.31. The Labute approximate surface area is 127 Å². The highest BCUT2D eigenvalue weighted by atomic mass is 35.5. The predicted octanol–water partition coefficient (Wildman–Crippen LogP) is 1.36. The molecule has 1 aliphatic rings. The summed E-state index contributed by atoms with van der Waals surface area (Å²) in [5.74, 6) is -3.86. The first-order chi connectivity index (χ1) is 9.60. The first kappa shape index (κ1) is 19.4. The Bertz CT molecular complexity index is 545. The monoisotopic (exact) mass is 374 g/mol. The zero-order chi connectivity index (χ0) is 17.6. The number of hydrogen-bond acceptors (Lipinski definition) is 6. The number of hydrogen-bond donors (Lipinski definition) is 1. The molecule has 1 aliphatic heterocycles. The van der Waals surface area contributed by atoms with E-state index < -0.39 is 51.3 Å². The summed E-state index contributed by atoms with van der Waals surface area (Å²) in [5.41, 5.74) is -5.90. The smallest absolute Gasteiger partial charge is 0.478 e. The maximum Gasteiger partial charge on any atom is 0.523 e. The van der Waals surface area contributed by atoms with Crippen molar-refractivity contribution in [2.24, 2.45) is 0 Å². The molecular weight excluding hydrogens is 364 g/mol. The van der Waals surface area contributed by atoms with E-state index in [0.717, 1.165) is 0 Å². The van der Waals surface area contributed by atoms with E-state index in [9.17, 15) is 30.8 Å². The molecule has 0 radical (unpaired) electrons. The summed E-state index contributed by atoms with van der Waals surface area (Å²) in [6.45, 7) is 1.95. The molecule has 0 bridgehead atoms. The van der Waals surface area contributed by atoms with Crippen LogP contribution in [0.3, 0.4) is 0 Å². The SMILES string of the molecule is CC1(C)OC[C@H]([C@H](OS(=O)(=O)C(F)(F)F)[C@@](F)(Cl)C(=O)O)O1. The van der Waals surface area contributed by atoms with Crippen LogP contribution in [0.4, 0.5) is 17.6 Å². The number of ether oxygens (including phenoxy) is 2. The van der Waals surface area contributed by atoms with E-state index >= 15 is 0 Å². The fraction of sp³-hybridized carbons (Fsp3) is 0.889. The van der Waals surface area contributed by atoms with Crippen LogP contribution in [0.5, 0.6) is 0 Å². The normalized spacial score (nSPS) is 26.4. The number of rotatable bonds is 5. The minimum absolute atomic E-state index is 0.628. The molecule has 1 rings (SSSR count). The van der Waals surface area contributed by atoms with E-state index in [1.807, 2.05) is 0 Å². The van der Waals surface area contributed by atoms with Gasteiger partial charge in [0.1, 0.15) is 6.10 Å². The van der Waals surface area contributed by atoms with Crippen molar-refractivity contribution in [3.05, 3.63) is 0 Å². The summed E-state index contributed by atoms with van der Waals surface area (Å²) in [5, 5.41) is 4.65. The van der Waals surface area contributed by atoms with Crippen LogP contribution in [0.1, 0.15) is 13.8 Å². The molecule has 1 fully saturated rings. The van der Waals surface area contributed by atoms with Gasteiger partial charge in [-0.1, -0.05) is 11.6 Å². The highest BCUT2D eigenvalue weighted by Gasteiger charge is 2.59. The Kier molecular flexibility index (Phi) is 5.05. The second kappa shape index (κ2) is 5.74. The van der Waals surface area contributed by atoms with Crippen LogP contribution in [0, 0.1) is 0 Å². The number of carboxylic acids is 1. The van der Waals surface area contributed by atoms with E-state index in [1.165, 1.54) is 13.8 Å². The van der Waals surface area contributed by atoms with Crippen LogP contribution in [0.15, 0.2) is 0 Å². The molecule has 0 aromatic heterocycles. The van der Waals surface area contributed by atoms with Gasteiger partial charge in [-0.05, 0) is 13.8 Å². The molecule has 1 saturated heterocycles. The lowest BCUT2D eigenvalue weighted by Gasteiger charge is -2.29. The van der Waals surface area contributed by atoms with Gasteiger partial charge in [0, 0.05) is 0 Å². The molecule has 0 saturated carbocycles. The Morgan fingerprint density at radius 1 is 1.41 bits per heavy atom. The van der Waals surface area contributed by atoms with Gasteiger partial charge in [0.2, 0.25) is 0 Å². The molecular formula is C9H11ClF4O7S. The van der Waals surface area contributed by atoms with Crippen molar-refractivity contribution in [3.63, 3.8) is 0 Å². The second-order valence-electron chi connectivity index (χ2n) is 4.71. The van der Waals surface area contributed by atoms with Crippen molar-refractivity contribution in [2.75, 3.05) is 6.61 Å². The molecule has 0 aromatic rings. The van der Waals surface area contributed by atoms with Crippen molar-refractivity contribution in [2.45, 2.75) is 42.5 Å². The molecule has 0 unspecified atom stereocenters. The Morgan fingerprint density at radius 2 is 1.91 bits per heavy atom. The Hall–Kier alpha value is -0.690. The number of carboxylic acid groups (broad SMARTS) is 1. The molecule has 1 N–H and O–H groups in total. The van der Waals surface area contributed by atoms with Gasteiger partial charge < -0.3 is 14.6 Å². The second-order valence-corrected chi connectivity index (χ2v) is 6.83. The van der Waals surface area contributed by atoms with Crippen molar-refractivity contribution < 1.29 is 49.5 Å². The minimum Gasteiger partial charge on any atom is -0.478 e. The van der Waals surface area contributed by atoms with Crippen LogP contribution in [0.25, 0.3) is 0 Å².